The number of nitrogens with zero attached hydrogens (tertiary/aromatic N) is 1. The Kier molecular flexibility index (Phi) is 8.63. The van der Waals surface area contributed by atoms with Gasteiger partial charge in [-0.15, -0.1) is 0 Å². The zero-order valence-corrected chi connectivity index (χ0v) is 21.9. The number of aliphatic hydroxyl groups is 1. The summed E-state index contributed by atoms with van der Waals surface area (Å²) >= 11 is 5.82. The van der Waals surface area contributed by atoms with Crippen LogP contribution in [0.5, 0.6) is 0 Å². The number of hydrogen-bond acceptors (Lipinski definition) is 6. The zero-order valence-electron chi connectivity index (χ0n) is 21.1. The highest BCUT2D eigenvalue weighted by Crippen LogP contribution is 2.32. The molecule has 1 fully saturated rings. The molecule has 1 unspecified atom stereocenters. The van der Waals surface area contributed by atoms with Crippen LogP contribution in [0.25, 0.3) is 0 Å². The number of hydrogen-bond donors (Lipinski definition) is 4. The number of ether oxygens (including phenoxy) is 1. The Labute approximate surface area is 223 Å². The van der Waals surface area contributed by atoms with E-state index >= 15 is 0 Å². The summed E-state index contributed by atoms with van der Waals surface area (Å²) in [6.45, 7) is 4.95. The molecule has 2 aromatic carbocycles. The van der Waals surface area contributed by atoms with E-state index in [4.69, 9.17) is 21.4 Å². The molecule has 0 saturated carbocycles. The van der Waals surface area contributed by atoms with E-state index in [1.807, 2.05) is 0 Å². The molecule has 1 aliphatic heterocycles. The van der Waals surface area contributed by atoms with Gasteiger partial charge in [-0.05, 0) is 74.7 Å². The van der Waals surface area contributed by atoms with Gasteiger partial charge in [-0.25, -0.2) is 9.18 Å². The Hall–Kier alpha value is -3.70. The number of aliphatic carboxylic acids is 1. The summed E-state index contributed by atoms with van der Waals surface area (Å²) in [6, 6.07) is 8.25. The minimum absolute atomic E-state index is 0.00571. The van der Waals surface area contributed by atoms with Crippen LogP contribution in [0.4, 0.5) is 20.6 Å². The van der Waals surface area contributed by atoms with Crippen LogP contribution in [0.1, 0.15) is 44.7 Å². The third-order valence-corrected chi connectivity index (χ3v) is 5.91. The molecule has 1 aliphatic rings. The van der Waals surface area contributed by atoms with Crippen LogP contribution in [0.15, 0.2) is 36.4 Å². The second-order valence-corrected chi connectivity index (χ2v) is 10.3. The molecule has 0 bridgehead atoms. The molecule has 38 heavy (non-hydrogen) atoms. The molecular formula is C26H29ClFN3O7. The SMILES string of the molecule is CC(C)(C)OC(=O)Nc1ccc(N2CCC(O)(C(=O)NCc3cc(F)cc(Cl)c3)C2=O)cc1CCC(=O)O. The summed E-state index contributed by atoms with van der Waals surface area (Å²) in [4.78, 5) is 50.5. The first-order chi connectivity index (χ1) is 17.7. The second-order valence-electron chi connectivity index (χ2n) is 9.89. The van der Waals surface area contributed by atoms with Crippen molar-refractivity contribution >= 4 is 46.9 Å². The lowest BCUT2D eigenvalue weighted by molar-refractivity contribution is -0.149. The molecule has 0 spiro atoms. The van der Waals surface area contributed by atoms with Crippen molar-refractivity contribution in [2.45, 2.75) is 57.8 Å². The van der Waals surface area contributed by atoms with Gasteiger partial charge in [0, 0.05) is 42.3 Å². The van der Waals surface area contributed by atoms with Crippen molar-refractivity contribution in [3.05, 3.63) is 58.4 Å². The first kappa shape index (κ1) is 28.9. The van der Waals surface area contributed by atoms with Crippen molar-refractivity contribution < 1.29 is 38.5 Å². The molecule has 204 valence electrons. The third kappa shape index (κ3) is 7.20. The van der Waals surface area contributed by atoms with Gasteiger partial charge in [-0.3, -0.25) is 19.7 Å². The first-order valence-electron chi connectivity index (χ1n) is 11.8. The normalized spacial score (nSPS) is 17.3. The predicted molar refractivity (Wildman–Crippen MR) is 137 cm³/mol. The van der Waals surface area contributed by atoms with Crippen molar-refractivity contribution in [2.75, 3.05) is 16.8 Å². The van der Waals surface area contributed by atoms with Crippen LogP contribution < -0.4 is 15.5 Å². The first-order valence-corrected chi connectivity index (χ1v) is 12.2. The molecule has 10 nitrogen and oxygen atoms in total. The van der Waals surface area contributed by atoms with E-state index in [0.717, 1.165) is 6.07 Å². The summed E-state index contributed by atoms with van der Waals surface area (Å²) < 4.78 is 18.8. The molecule has 0 aliphatic carbocycles. The molecule has 2 aromatic rings. The number of carboxylic acids is 1. The minimum atomic E-state index is -2.36. The van der Waals surface area contributed by atoms with Crippen LogP contribution in [-0.4, -0.2) is 51.8 Å². The Morgan fingerprint density at radius 2 is 1.89 bits per heavy atom. The summed E-state index contributed by atoms with van der Waals surface area (Å²) in [6.07, 6.45) is -1.14. The van der Waals surface area contributed by atoms with Gasteiger partial charge < -0.3 is 25.2 Å². The average molecular weight is 550 g/mol. The van der Waals surface area contributed by atoms with E-state index in [2.05, 4.69) is 10.6 Å². The summed E-state index contributed by atoms with van der Waals surface area (Å²) in [5.41, 5.74) is -1.72. The summed E-state index contributed by atoms with van der Waals surface area (Å²) in [7, 11) is 0. The van der Waals surface area contributed by atoms with E-state index in [1.54, 1.807) is 20.8 Å². The molecule has 0 radical (unpaired) electrons. The zero-order chi connectivity index (χ0) is 28.3. The van der Waals surface area contributed by atoms with E-state index in [9.17, 15) is 28.7 Å². The lowest BCUT2D eigenvalue weighted by atomic mass is 10.0. The van der Waals surface area contributed by atoms with Crippen LogP contribution >= 0.6 is 11.6 Å². The number of carbonyl (C=O) groups is 4. The van der Waals surface area contributed by atoms with Gasteiger partial charge in [0.1, 0.15) is 11.4 Å². The predicted octanol–water partition coefficient (Wildman–Crippen LogP) is 3.63. The fraction of sp³-hybridized carbons (Fsp3) is 0.385. The maximum Gasteiger partial charge on any atom is 0.412 e. The van der Waals surface area contributed by atoms with Crippen molar-refractivity contribution in [1.29, 1.82) is 0 Å². The molecule has 1 heterocycles. The highest BCUT2D eigenvalue weighted by Gasteiger charge is 2.51. The second kappa shape index (κ2) is 11.4. The monoisotopic (exact) mass is 549 g/mol. The van der Waals surface area contributed by atoms with Crippen molar-refractivity contribution in [3.8, 4) is 0 Å². The topological polar surface area (TPSA) is 145 Å². The fourth-order valence-corrected chi connectivity index (χ4v) is 4.18. The molecule has 1 saturated heterocycles. The Bertz CT molecular complexity index is 1240. The van der Waals surface area contributed by atoms with E-state index < -0.39 is 40.9 Å². The Morgan fingerprint density at radius 3 is 2.53 bits per heavy atom. The van der Waals surface area contributed by atoms with Gasteiger partial charge in [-0.2, -0.15) is 0 Å². The van der Waals surface area contributed by atoms with Gasteiger partial charge in [0.15, 0.2) is 0 Å². The number of nitrogens with one attached hydrogen (secondary N) is 2. The number of carbonyl (C=O) groups excluding carboxylic acids is 3. The lowest BCUT2D eigenvalue weighted by Gasteiger charge is -2.23. The number of carboxylic acid groups (broad SMARTS) is 1. The van der Waals surface area contributed by atoms with Crippen molar-refractivity contribution in [2.24, 2.45) is 0 Å². The van der Waals surface area contributed by atoms with E-state index in [1.165, 1.54) is 35.2 Å². The molecule has 4 N–H and O–H groups in total. The number of halogens is 2. The van der Waals surface area contributed by atoms with E-state index in [-0.39, 0.29) is 37.4 Å². The summed E-state index contributed by atoms with van der Waals surface area (Å²) in [5.74, 6) is -3.46. The largest absolute Gasteiger partial charge is 0.481 e. The molecule has 1 atom stereocenters. The number of aryl methyl sites for hydroxylation is 1. The summed E-state index contributed by atoms with van der Waals surface area (Å²) in [5, 5.41) is 25.2. The molecular weight excluding hydrogens is 521 g/mol. The van der Waals surface area contributed by atoms with Crippen molar-refractivity contribution in [3.63, 3.8) is 0 Å². The van der Waals surface area contributed by atoms with E-state index in [0.29, 0.717) is 22.5 Å². The average Bonchev–Trinajstić information content (AvgIpc) is 3.10. The lowest BCUT2D eigenvalue weighted by Crippen LogP contribution is -2.52. The molecule has 3 amide bonds. The van der Waals surface area contributed by atoms with Gasteiger partial charge in [-0.1, -0.05) is 11.6 Å². The van der Waals surface area contributed by atoms with Gasteiger partial charge >= 0.3 is 12.1 Å². The number of rotatable bonds is 8. The minimum Gasteiger partial charge on any atom is -0.481 e. The number of amides is 3. The number of anilines is 2. The molecule has 12 heteroatoms. The Balaban J connectivity index is 1.77. The van der Waals surface area contributed by atoms with Crippen molar-refractivity contribution in [1.82, 2.24) is 5.32 Å². The highest BCUT2D eigenvalue weighted by molar-refractivity contribution is 6.30. The van der Waals surface area contributed by atoms with Crippen LogP contribution in [0.2, 0.25) is 5.02 Å². The van der Waals surface area contributed by atoms with Gasteiger partial charge in [0.25, 0.3) is 11.8 Å². The standard InChI is InChI=1S/C26H29ClFN3O7/c1-25(2,3)38-24(36)30-20-6-5-19(12-16(20)4-7-21(32)33)31-9-8-26(37,23(31)35)22(34)29-14-15-10-17(27)13-18(28)11-15/h5-6,10-13,37H,4,7-9,14H2,1-3H3,(H,29,34)(H,30,36)(H,32,33). The Morgan fingerprint density at radius 1 is 1.18 bits per heavy atom. The van der Waals surface area contributed by atoms with Crippen LogP contribution in [0, 0.1) is 5.82 Å². The fourth-order valence-electron chi connectivity index (χ4n) is 3.94. The van der Waals surface area contributed by atoms with Crippen LogP contribution in [-0.2, 0) is 32.1 Å². The molecule has 3 rings (SSSR count). The number of benzene rings is 2. The van der Waals surface area contributed by atoms with Gasteiger partial charge in [0.05, 0.1) is 0 Å². The van der Waals surface area contributed by atoms with Gasteiger partial charge in [0.2, 0.25) is 5.60 Å². The highest BCUT2D eigenvalue weighted by atomic mass is 35.5. The quantitative estimate of drug-likeness (QED) is 0.368. The molecule has 0 aromatic heterocycles. The maximum absolute atomic E-state index is 13.6. The smallest absolute Gasteiger partial charge is 0.412 e. The maximum atomic E-state index is 13.6. The van der Waals surface area contributed by atoms with Crippen LogP contribution in [0.3, 0.4) is 0 Å². The third-order valence-electron chi connectivity index (χ3n) is 5.69.